The van der Waals surface area contributed by atoms with Gasteiger partial charge < -0.3 is 18.0 Å². The zero-order valence-corrected chi connectivity index (χ0v) is 23.6. The zero-order valence-electron chi connectivity index (χ0n) is 21.8. The molecule has 0 aromatic heterocycles. The van der Waals surface area contributed by atoms with Crippen LogP contribution in [0.5, 0.6) is 0 Å². The molecule has 0 rings (SSSR count). The maximum Gasteiger partial charge on any atom is 0.500 e. The van der Waals surface area contributed by atoms with Gasteiger partial charge in [-0.25, -0.2) is 0 Å². The lowest BCUT2D eigenvalue weighted by Gasteiger charge is -2.28. The second kappa shape index (κ2) is 22.7. The highest BCUT2D eigenvalue weighted by atomic mass is 32.2. The van der Waals surface area contributed by atoms with Crippen molar-refractivity contribution in [2.24, 2.45) is 5.92 Å². The van der Waals surface area contributed by atoms with Gasteiger partial charge in [0.05, 0.1) is 12.5 Å². The van der Waals surface area contributed by atoms with Crippen molar-refractivity contribution in [3.05, 3.63) is 0 Å². The van der Waals surface area contributed by atoms with Gasteiger partial charge in [-0.1, -0.05) is 71.6 Å². The first-order valence-electron chi connectivity index (χ1n) is 13.2. The first kappa shape index (κ1) is 31.9. The Morgan fingerprint density at radius 2 is 1.25 bits per heavy atom. The Balaban J connectivity index is 3.76. The van der Waals surface area contributed by atoms with Gasteiger partial charge in [0.25, 0.3) is 0 Å². The first-order valence-corrected chi connectivity index (χ1v) is 16.3. The molecule has 0 aliphatic rings. The molecule has 1 atom stereocenters. The molecule has 0 radical (unpaired) electrons. The summed E-state index contributed by atoms with van der Waals surface area (Å²) in [4.78, 5) is 12.2. The third-order valence-corrected chi connectivity index (χ3v) is 9.84. The summed E-state index contributed by atoms with van der Waals surface area (Å²) in [5.74, 6) is 1.65. The summed E-state index contributed by atoms with van der Waals surface area (Å²) in [5.41, 5.74) is 0. The van der Waals surface area contributed by atoms with E-state index in [0.29, 0.717) is 26.4 Å². The third-order valence-electron chi connectivity index (χ3n) is 5.38. The Morgan fingerprint density at radius 1 is 0.750 bits per heavy atom. The summed E-state index contributed by atoms with van der Waals surface area (Å²) in [5, 5.41) is 0. The Hall–Kier alpha value is -0.0831. The Kier molecular flexibility index (Phi) is 22.6. The van der Waals surface area contributed by atoms with Gasteiger partial charge in [0.2, 0.25) is 0 Å². The van der Waals surface area contributed by atoms with E-state index in [-0.39, 0.29) is 11.9 Å². The van der Waals surface area contributed by atoms with Crippen molar-refractivity contribution in [3.63, 3.8) is 0 Å². The number of rotatable bonds is 24. The average Bonchev–Trinajstić information content (AvgIpc) is 2.77. The van der Waals surface area contributed by atoms with Crippen LogP contribution in [0.15, 0.2) is 0 Å². The van der Waals surface area contributed by atoms with E-state index in [9.17, 15) is 4.79 Å². The lowest BCUT2D eigenvalue weighted by Crippen LogP contribution is -2.46. The lowest BCUT2D eigenvalue weighted by molar-refractivity contribution is -0.147. The van der Waals surface area contributed by atoms with E-state index in [0.717, 1.165) is 36.8 Å². The maximum absolute atomic E-state index is 12.2. The highest BCUT2D eigenvalue weighted by molar-refractivity contribution is 7.99. The van der Waals surface area contributed by atoms with Gasteiger partial charge in [0, 0.05) is 31.6 Å². The molecule has 0 heterocycles. The van der Waals surface area contributed by atoms with Crippen LogP contribution < -0.4 is 0 Å². The van der Waals surface area contributed by atoms with Gasteiger partial charge in [-0.15, -0.1) is 0 Å². The van der Waals surface area contributed by atoms with Gasteiger partial charge in [-0.3, -0.25) is 4.79 Å². The number of carbonyl (C=O) groups is 1. The largest absolute Gasteiger partial charge is 0.500 e. The minimum absolute atomic E-state index is 0.0594. The molecule has 0 amide bonds. The molecule has 5 nitrogen and oxygen atoms in total. The molecule has 0 aromatic rings. The summed E-state index contributed by atoms with van der Waals surface area (Å²) < 4.78 is 23.2. The summed E-state index contributed by atoms with van der Waals surface area (Å²) in [6.45, 7) is 12.6. The topological polar surface area (TPSA) is 54.0 Å². The summed E-state index contributed by atoms with van der Waals surface area (Å²) in [7, 11) is -2.54. The van der Waals surface area contributed by atoms with Crippen molar-refractivity contribution < 1.29 is 22.8 Å². The maximum atomic E-state index is 12.2. The fourth-order valence-electron chi connectivity index (χ4n) is 3.62. The van der Waals surface area contributed by atoms with Crippen LogP contribution in [-0.2, 0) is 22.8 Å². The molecule has 0 N–H and O–H groups in total. The van der Waals surface area contributed by atoms with E-state index in [1.54, 1.807) is 11.8 Å². The zero-order chi connectivity index (χ0) is 23.9. The predicted octanol–water partition coefficient (Wildman–Crippen LogP) is 7.26. The van der Waals surface area contributed by atoms with Crippen LogP contribution in [0.3, 0.4) is 0 Å². The van der Waals surface area contributed by atoms with Crippen molar-refractivity contribution in [1.82, 2.24) is 0 Å². The number of ether oxygens (including phenoxy) is 1. The van der Waals surface area contributed by atoms with E-state index in [4.69, 9.17) is 18.0 Å². The molecule has 32 heavy (non-hydrogen) atoms. The average molecular weight is 493 g/mol. The smallest absolute Gasteiger partial charge is 0.465 e. The molecule has 0 saturated carbocycles. The summed E-state index contributed by atoms with van der Waals surface area (Å²) in [6, 6.07) is 0.826. The van der Waals surface area contributed by atoms with E-state index in [1.807, 2.05) is 27.7 Å². The monoisotopic (exact) mass is 492 g/mol. The Bertz CT molecular complexity index is 408. The van der Waals surface area contributed by atoms with Crippen LogP contribution in [0.25, 0.3) is 0 Å². The molecule has 192 valence electrons. The molecular formula is C25H52O5SSi. The first-order chi connectivity index (χ1) is 15.5. The van der Waals surface area contributed by atoms with Crippen molar-refractivity contribution in [3.8, 4) is 0 Å². The SMILES string of the molecule is CCCCCCCCCCCCOC(=O)C(C)CSCCC[Si](OCC)(OCC)OCC. The van der Waals surface area contributed by atoms with Gasteiger partial charge in [-0.2, -0.15) is 11.8 Å². The summed E-state index contributed by atoms with van der Waals surface area (Å²) >= 11 is 1.80. The number of esters is 1. The molecule has 0 spiro atoms. The number of unbranched alkanes of at least 4 members (excludes halogenated alkanes) is 9. The van der Waals surface area contributed by atoms with Crippen molar-refractivity contribution in [1.29, 1.82) is 0 Å². The molecule has 0 fully saturated rings. The molecular weight excluding hydrogens is 440 g/mol. The Morgan fingerprint density at radius 3 is 1.75 bits per heavy atom. The normalized spacial score (nSPS) is 12.8. The van der Waals surface area contributed by atoms with Crippen LogP contribution in [0.2, 0.25) is 6.04 Å². The minimum Gasteiger partial charge on any atom is -0.465 e. The fraction of sp³-hybridized carbons (Fsp3) is 0.960. The fourth-order valence-corrected chi connectivity index (χ4v) is 7.50. The van der Waals surface area contributed by atoms with Crippen molar-refractivity contribution in [2.45, 2.75) is 111 Å². The van der Waals surface area contributed by atoms with E-state index in [1.165, 1.54) is 51.4 Å². The quantitative estimate of drug-likeness (QED) is 0.0803. The third kappa shape index (κ3) is 17.4. The van der Waals surface area contributed by atoms with E-state index < -0.39 is 8.80 Å². The van der Waals surface area contributed by atoms with Gasteiger partial charge >= 0.3 is 14.8 Å². The highest BCUT2D eigenvalue weighted by Crippen LogP contribution is 2.21. The van der Waals surface area contributed by atoms with Crippen LogP contribution >= 0.6 is 11.8 Å². The van der Waals surface area contributed by atoms with Crippen molar-refractivity contribution in [2.75, 3.05) is 37.9 Å². The van der Waals surface area contributed by atoms with Crippen LogP contribution in [0, 0.1) is 5.92 Å². The minimum atomic E-state index is -2.54. The molecule has 0 aliphatic carbocycles. The molecule has 1 unspecified atom stereocenters. The van der Waals surface area contributed by atoms with Crippen LogP contribution in [-0.4, -0.2) is 52.7 Å². The van der Waals surface area contributed by atoms with Gasteiger partial charge in [-0.05, 0) is 39.4 Å². The second-order valence-electron chi connectivity index (χ2n) is 8.41. The van der Waals surface area contributed by atoms with Gasteiger partial charge in [0.15, 0.2) is 0 Å². The van der Waals surface area contributed by atoms with Crippen molar-refractivity contribution >= 4 is 26.5 Å². The molecule has 0 aromatic carbocycles. The number of hydrogen-bond donors (Lipinski definition) is 0. The predicted molar refractivity (Wildman–Crippen MR) is 139 cm³/mol. The van der Waals surface area contributed by atoms with Crippen LogP contribution in [0.1, 0.15) is 105 Å². The summed E-state index contributed by atoms with van der Waals surface area (Å²) in [6.07, 6.45) is 13.9. The van der Waals surface area contributed by atoms with E-state index >= 15 is 0 Å². The molecule has 0 aliphatic heterocycles. The standard InChI is InChI=1S/C25H52O5SSi/c1-6-10-11-12-13-14-15-16-17-18-20-27-25(26)24(5)23-31-21-19-22-32(28-7-2,29-8-3)30-9-4/h24H,6-23H2,1-5H3. The van der Waals surface area contributed by atoms with Gasteiger partial charge in [0.1, 0.15) is 0 Å². The number of hydrogen-bond acceptors (Lipinski definition) is 6. The number of carbonyl (C=O) groups excluding carboxylic acids is 1. The highest BCUT2D eigenvalue weighted by Gasteiger charge is 2.39. The molecule has 0 bridgehead atoms. The Labute approximate surface area is 204 Å². The number of thioether (sulfide) groups is 1. The lowest BCUT2D eigenvalue weighted by atomic mass is 10.1. The molecule has 0 saturated heterocycles. The second-order valence-corrected chi connectivity index (χ2v) is 12.3. The van der Waals surface area contributed by atoms with E-state index in [2.05, 4.69) is 6.92 Å². The molecule has 7 heteroatoms. The van der Waals surface area contributed by atoms with Crippen LogP contribution in [0.4, 0.5) is 0 Å².